The summed E-state index contributed by atoms with van der Waals surface area (Å²) < 4.78 is 10.5. The number of amides is 1. The average Bonchev–Trinajstić information content (AvgIpc) is 2.41. The first-order valence-corrected chi connectivity index (χ1v) is 5.21. The van der Waals surface area contributed by atoms with Gasteiger partial charge in [0, 0.05) is 18.7 Å². The summed E-state index contributed by atoms with van der Waals surface area (Å²) in [5.41, 5.74) is 0.416. The highest BCUT2D eigenvalue weighted by molar-refractivity contribution is 5.94. The molecular formula is C14H13NO3. The van der Waals surface area contributed by atoms with Crippen molar-refractivity contribution < 1.29 is 14.3 Å². The summed E-state index contributed by atoms with van der Waals surface area (Å²) in [4.78, 5) is 11.6. The number of nitrogens with one attached hydrogen (secondary N) is 1. The minimum atomic E-state index is -0.244. The standard InChI is InChI=1S/C14H13NO3/c1-4-6-17-12-8-11(14(16)15-3)9-13(10-12)18-7-5-2/h1-2,8-10H,6-7H2,3H3,(H,15,16). The van der Waals surface area contributed by atoms with Crippen LogP contribution in [0.5, 0.6) is 11.5 Å². The van der Waals surface area contributed by atoms with E-state index in [2.05, 4.69) is 17.2 Å². The van der Waals surface area contributed by atoms with Crippen LogP contribution in [0, 0.1) is 24.7 Å². The number of benzene rings is 1. The maximum Gasteiger partial charge on any atom is 0.251 e. The van der Waals surface area contributed by atoms with Gasteiger partial charge in [0.15, 0.2) is 0 Å². The van der Waals surface area contributed by atoms with E-state index in [0.717, 1.165) is 0 Å². The summed E-state index contributed by atoms with van der Waals surface area (Å²) in [5, 5.41) is 2.52. The Hall–Kier alpha value is -2.59. The summed E-state index contributed by atoms with van der Waals surface area (Å²) in [7, 11) is 1.54. The summed E-state index contributed by atoms with van der Waals surface area (Å²) in [6.45, 7) is 0.234. The molecule has 1 rings (SSSR count). The first-order valence-electron chi connectivity index (χ1n) is 5.21. The number of ether oxygens (including phenoxy) is 2. The Morgan fingerprint density at radius 2 is 1.67 bits per heavy atom. The molecule has 0 saturated carbocycles. The third kappa shape index (κ3) is 3.77. The van der Waals surface area contributed by atoms with Crippen molar-refractivity contribution in [1.29, 1.82) is 0 Å². The van der Waals surface area contributed by atoms with Crippen LogP contribution in [0.1, 0.15) is 10.4 Å². The molecule has 1 aromatic rings. The van der Waals surface area contributed by atoms with Crippen LogP contribution in [0.15, 0.2) is 18.2 Å². The van der Waals surface area contributed by atoms with E-state index in [9.17, 15) is 4.79 Å². The van der Waals surface area contributed by atoms with Gasteiger partial charge >= 0.3 is 0 Å². The van der Waals surface area contributed by atoms with E-state index in [0.29, 0.717) is 17.1 Å². The SMILES string of the molecule is C#CCOc1cc(OCC#C)cc(C(=O)NC)c1. The molecule has 0 aliphatic carbocycles. The van der Waals surface area contributed by atoms with Gasteiger partial charge in [0.1, 0.15) is 24.7 Å². The summed E-state index contributed by atoms with van der Waals surface area (Å²) in [5.74, 6) is 5.37. The number of carbonyl (C=O) groups excluding carboxylic acids is 1. The van der Waals surface area contributed by atoms with Crippen molar-refractivity contribution in [3.05, 3.63) is 23.8 Å². The minimum Gasteiger partial charge on any atom is -0.481 e. The molecule has 1 aromatic carbocycles. The number of terminal acetylenes is 2. The molecule has 0 heterocycles. The second-order valence-electron chi connectivity index (χ2n) is 3.26. The van der Waals surface area contributed by atoms with Gasteiger partial charge in [0.2, 0.25) is 0 Å². The summed E-state index contributed by atoms with van der Waals surface area (Å²) in [6.07, 6.45) is 10.2. The van der Waals surface area contributed by atoms with Crippen LogP contribution in [0.4, 0.5) is 0 Å². The molecule has 4 nitrogen and oxygen atoms in total. The molecule has 0 aromatic heterocycles. The topological polar surface area (TPSA) is 47.6 Å². The van der Waals surface area contributed by atoms with Gasteiger partial charge in [-0.3, -0.25) is 4.79 Å². The monoisotopic (exact) mass is 243 g/mol. The predicted octanol–water partition coefficient (Wildman–Crippen LogP) is 1.07. The summed E-state index contributed by atoms with van der Waals surface area (Å²) >= 11 is 0. The van der Waals surface area contributed by atoms with Crippen LogP contribution in [-0.2, 0) is 0 Å². The zero-order valence-electron chi connectivity index (χ0n) is 10.0. The molecule has 0 spiro atoms. The molecule has 0 fully saturated rings. The lowest BCUT2D eigenvalue weighted by Crippen LogP contribution is -2.18. The highest BCUT2D eigenvalue weighted by atomic mass is 16.5. The molecule has 92 valence electrons. The van der Waals surface area contributed by atoms with E-state index in [4.69, 9.17) is 22.3 Å². The highest BCUT2D eigenvalue weighted by Crippen LogP contribution is 2.23. The van der Waals surface area contributed by atoms with Gasteiger partial charge in [-0.1, -0.05) is 11.8 Å². The third-order valence-electron chi connectivity index (χ3n) is 2.01. The van der Waals surface area contributed by atoms with Gasteiger partial charge in [-0.25, -0.2) is 0 Å². The molecule has 0 bridgehead atoms. The van der Waals surface area contributed by atoms with E-state index >= 15 is 0 Å². The van der Waals surface area contributed by atoms with Gasteiger partial charge in [0.25, 0.3) is 5.91 Å². The fourth-order valence-electron chi connectivity index (χ4n) is 1.26. The number of hydrogen-bond acceptors (Lipinski definition) is 3. The Labute approximate surface area is 106 Å². The average molecular weight is 243 g/mol. The van der Waals surface area contributed by atoms with Crippen molar-refractivity contribution in [2.45, 2.75) is 0 Å². The zero-order chi connectivity index (χ0) is 13.4. The number of rotatable bonds is 5. The van der Waals surface area contributed by atoms with E-state index in [1.807, 2.05) is 0 Å². The predicted molar refractivity (Wildman–Crippen MR) is 68.5 cm³/mol. The number of carbonyl (C=O) groups is 1. The fraction of sp³-hybridized carbons (Fsp3) is 0.214. The molecule has 0 unspecified atom stereocenters. The van der Waals surface area contributed by atoms with E-state index in [1.165, 1.54) is 0 Å². The van der Waals surface area contributed by atoms with E-state index in [1.54, 1.807) is 25.2 Å². The highest BCUT2D eigenvalue weighted by Gasteiger charge is 2.08. The Kier molecular flexibility index (Phi) is 5.15. The fourth-order valence-corrected chi connectivity index (χ4v) is 1.26. The van der Waals surface area contributed by atoms with Crippen LogP contribution in [0.3, 0.4) is 0 Å². The minimum absolute atomic E-state index is 0.117. The lowest BCUT2D eigenvalue weighted by Gasteiger charge is -2.09. The quantitative estimate of drug-likeness (QED) is 0.787. The van der Waals surface area contributed by atoms with Crippen molar-refractivity contribution in [2.24, 2.45) is 0 Å². The van der Waals surface area contributed by atoms with Gasteiger partial charge in [0.05, 0.1) is 0 Å². The lowest BCUT2D eigenvalue weighted by atomic mass is 10.2. The molecule has 1 N–H and O–H groups in total. The van der Waals surface area contributed by atoms with Crippen LogP contribution in [-0.4, -0.2) is 26.2 Å². The van der Waals surface area contributed by atoms with Crippen molar-refractivity contribution in [3.63, 3.8) is 0 Å². The Balaban J connectivity index is 3.00. The summed E-state index contributed by atoms with van der Waals surface area (Å²) in [6, 6.07) is 4.79. The van der Waals surface area contributed by atoms with Crippen LogP contribution in [0.2, 0.25) is 0 Å². The van der Waals surface area contributed by atoms with Crippen molar-refractivity contribution in [3.8, 4) is 36.2 Å². The van der Waals surface area contributed by atoms with Gasteiger partial charge < -0.3 is 14.8 Å². The van der Waals surface area contributed by atoms with Crippen molar-refractivity contribution in [2.75, 3.05) is 20.3 Å². The van der Waals surface area contributed by atoms with Gasteiger partial charge in [-0.05, 0) is 12.1 Å². The first kappa shape index (κ1) is 13.5. The second kappa shape index (κ2) is 6.88. The van der Waals surface area contributed by atoms with Crippen molar-refractivity contribution in [1.82, 2.24) is 5.32 Å². The zero-order valence-corrected chi connectivity index (χ0v) is 10.0. The Morgan fingerprint density at radius 3 is 2.06 bits per heavy atom. The molecule has 0 atom stereocenters. The van der Waals surface area contributed by atoms with E-state index < -0.39 is 0 Å². The molecule has 0 aliphatic rings. The lowest BCUT2D eigenvalue weighted by molar-refractivity contribution is 0.0962. The van der Waals surface area contributed by atoms with E-state index in [-0.39, 0.29) is 19.1 Å². The molecule has 18 heavy (non-hydrogen) atoms. The van der Waals surface area contributed by atoms with Crippen LogP contribution < -0.4 is 14.8 Å². The molecule has 0 aliphatic heterocycles. The third-order valence-corrected chi connectivity index (χ3v) is 2.01. The van der Waals surface area contributed by atoms with Crippen LogP contribution >= 0.6 is 0 Å². The smallest absolute Gasteiger partial charge is 0.251 e. The molecular weight excluding hydrogens is 230 g/mol. The molecule has 0 radical (unpaired) electrons. The largest absolute Gasteiger partial charge is 0.481 e. The first-order chi connectivity index (χ1) is 8.71. The van der Waals surface area contributed by atoms with Gasteiger partial charge in [-0.15, -0.1) is 12.8 Å². The molecule has 4 heteroatoms. The molecule has 0 saturated heterocycles. The normalized spacial score (nSPS) is 8.83. The maximum absolute atomic E-state index is 11.6. The van der Waals surface area contributed by atoms with Gasteiger partial charge in [-0.2, -0.15) is 0 Å². The Morgan fingerprint density at radius 1 is 1.17 bits per heavy atom. The number of hydrogen-bond donors (Lipinski definition) is 1. The second-order valence-corrected chi connectivity index (χ2v) is 3.26. The maximum atomic E-state index is 11.6. The van der Waals surface area contributed by atoms with Crippen LogP contribution in [0.25, 0.3) is 0 Å². The Bertz CT molecular complexity index is 473. The van der Waals surface area contributed by atoms with Crippen molar-refractivity contribution >= 4 is 5.91 Å². The molecule has 1 amide bonds.